The maximum Gasteiger partial charge on any atom is 0.257 e. The highest BCUT2D eigenvalue weighted by Gasteiger charge is 2.21. The quantitative estimate of drug-likeness (QED) is 0.445. The van der Waals surface area contributed by atoms with E-state index in [0.717, 1.165) is 18.2 Å². The van der Waals surface area contributed by atoms with E-state index >= 15 is 4.39 Å². The number of hydrogen-bond donors (Lipinski definition) is 3. The Hall–Kier alpha value is -3.92. The molecule has 10 heteroatoms. The van der Waals surface area contributed by atoms with Crippen molar-refractivity contribution >= 4 is 22.9 Å². The predicted octanol–water partition coefficient (Wildman–Crippen LogP) is 3.68. The second-order valence-corrected chi connectivity index (χ2v) is 7.06. The lowest BCUT2D eigenvalue weighted by Crippen LogP contribution is -2.21. The smallest absolute Gasteiger partial charge is 0.257 e. The van der Waals surface area contributed by atoms with Gasteiger partial charge in [-0.25, -0.2) is 23.1 Å². The summed E-state index contributed by atoms with van der Waals surface area (Å²) in [5.41, 5.74) is 5.95. The number of nitrogen functional groups attached to an aromatic ring is 1. The summed E-state index contributed by atoms with van der Waals surface area (Å²) in [6.45, 7) is -1.01. The first kappa shape index (κ1) is 17.7. The standard InChI is InChI=1S/C22H18F3N5O2/c1-10-9-30-11(2)28-18(19(30)21(26)27-10)16-4-3-15(8-17(16)25)29-22(32)20(31)12-5-13(23)7-14(24)6-12/h3-9,20,31H,1-2H3,(H2,26,27)(H,29,32)/t20-/m1/s1/i2D3. The molecule has 2 aromatic carbocycles. The van der Waals surface area contributed by atoms with E-state index in [-0.39, 0.29) is 39.7 Å². The van der Waals surface area contributed by atoms with Crippen LogP contribution in [0.1, 0.15) is 27.3 Å². The number of amides is 1. The molecule has 0 saturated heterocycles. The van der Waals surface area contributed by atoms with E-state index in [1.807, 2.05) is 0 Å². The molecule has 0 spiro atoms. The fraction of sp³-hybridized carbons (Fsp3) is 0.136. The number of aliphatic hydroxyl groups excluding tert-OH is 1. The van der Waals surface area contributed by atoms with Crippen LogP contribution in [0.2, 0.25) is 0 Å². The van der Waals surface area contributed by atoms with Gasteiger partial charge in [-0.1, -0.05) is 0 Å². The van der Waals surface area contributed by atoms with Crippen molar-refractivity contribution in [2.75, 3.05) is 11.1 Å². The number of anilines is 2. The summed E-state index contributed by atoms with van der Waals surface area (Å²) in [6.07, 6.45) is -0.497. The van der Waals surface area contributed by atoms with Gasteiger partial charge in [0.1, 0.15) is 40.3 Å². The predicted molar refractivity (Wildman–Crippen MR) is 112 cm³/mol. The van der Waals surface area contributed by atoms with Gasteiger partial charge in [-0.2, -0.15) is 0 Å². The van der Waals surface area contributed by atoms with Gasteiger partial charge in [0.05, 0.1) is 5.69 Å². The Balaban J connectivity index is 1.69. The lowest BCUT2D eigenvalue weighted by Gasteiger charge is -2.13. The largest absolute Gasteiger partial charge is 0.382 e. The normalized spacial score (nSPS) is 14.0. The molecule has 2 heterocycles. The number of aryl methyl sites for hydroxylation is 2. The number of fused-ring (bicyclic) bond motifs is 1. The highest BCUT2D eigenvalue weighted by atomic mass is 19.1. The molecular weight excluding hydrogens is 423 g/mol. The fourth-order valence-electron chi connectivity index (χ4n) is 3.33. The van der Waals surface area contributed by atoms with Gasteiger partial charge in [-0.15, -0.1) is 0 Å². The molecule has 4 rings (SSSR count). The zero-order chi connectivity index (χ0) is 25.7. The van der Waals surface area contributed by atoms with Crippen molar-refractivity contribution in [1.82, 2.24) is 14.4 Å². The molecule has 2 aromatic heterocycles. The second kappa shape index (κ2) is 7.97. The number of nitrogens with one attached hydrogen (secondary N) is 1. The number of hydrogen-bond acceptors (Lipinski definition) is 5. The zero-order valence-corrected chi connectivity index (χ0v) is 16.5. The molecule has 1 atom stereocenters. The van der Waals surface area contributed by atoms with Gasteiger partial charge >= 0.3 is 0 Å². The van der Waals surface area contributed by atoms with Crippen molar-refractivity contribution in [2.45, 2.75) is 19.9 Å². The number of nitrogens with zero attached hydrogens (tertiary/aromatic N) is 3. The molecule has 0 bridgehead atoms. The first-order chi connectivity index (χ1) is 16.3. The summed E-state index contributed by atoms with van der Waals surface area (Å²) in [5, 5.41) is 12.4. The van der Waals surface area contributed by atoms with Gasteiger partial charge in [0, 0.05) is 27.6 Å². The van der Waals surface area contributed by atoms with Crippen LogP contribution in [0.3, 0.4) is 0 Å². The Morgan fingerprint density at radius 1 is 1.19 bits per heavy atom. The number of carbonyl (C=O) groups is 1. The third-order valence-corrected chi connectivity index (χ3v) is 4.71. The van der Waals surface area contributed by atoms with E-state index in [0.29, 0.717) is 11.8 Å². The molecule has 0 fully saturated rings. The highest BCUT2D eigenvalue weighted by molar-refractivity contribution is 5.95. The van der Waals surface area contributed by atoms with E-state index in [2.05, 4.69) is 15.3 Å². The summed E-state index contributed by atoms with van der Waals surface area (Å²) in [5.74, 6) is -4.27. The van der Waals surface area contributed by atoms with Gasteiger partial charge < -0.3 is 16.2 Å². The zero-order valence-electron chi connectivity index (χ0n) is 19.5. The van der Waals surface area contributed by atoms with Crippen LogP contribution in [0, 0.1) is 31.2 Å². The summed E-state index contributed by atoms with van der Waals surface area (Å²) >= 11 is 0. The van der Waals surface area contributed by atoms with E-state index in [1.54, 1.807) is 6.92 Å². The first-order valence-corrected chi connectivity index (χ1v) is 9.25. The van der Waals surface area contributed by atoms with Crippen LogP contribution in [0.5, 0.6) is 0 Å². The van der Waals surface area contributed by atoms with E-state index in [9.17, 15) is 18.7 Å². The van der Waals surface area contributed by atoms with Gasteiger partial charge in [-0.3, -0.25) is 9.20 Å². The van der Waals surface area contributed by atoms with E-state index in [1.165, 1.54) is 22.7 Å². The third-order valence-electron chi connectivity index (χ3n) is 4.71. The molecule has 4 aromatic rings. The molecular formula is C22H18F3N5O2. The first-order valence-electron chi connectivity index (χ1n) is 10.8. The maximum absolute atomic E-state index is 15.1. The Morgan fingerprint density at radius 3 is 2.56 bits per heavy atom. The Labute approximate surface area is 184 Å². The summed E-state index contributed by atoms with van der Waals surface area (Å²) in [6, 6.07) is 5.62. The number of aliphatic hydroxyl groups is 1. The number of imidazole rings is 1. The molecule has 0 radical (unpaired) electrons. The van der Waals surface area contributed by atoms with E-state index in [4.69, 9.17) is 9.85 Å². The lowest BCUT2D eigenvalue weighted by atomic mass is 10.1. The molecule has 0 aliphatic carbocycles. The van der Waals surface area contributed by atoms with Crippen molar-refractivity contribution in [2.24, 2.45) is 0 Å². The number of benzene rings is 2. The minimum Gasteiger partial charge on any atom is -0.382 e. The summed E-state index contributed by atoms with van der Waals surface area (Å²) < 4.78 is 66.4. The van der Waals surface area contributed by atoms with Crippen LogP contribution in [-0.2, 0) is 4.79 Å². The van der Waals surface area contributed by atoms with Gasteiger partial charge in [-0.05, 0) is 49.7 Å². The monoisotopic (exact) mass is 444 g/mol. The number of halogens is 3. The highest BCUT2D eigenvalue weighted by Crippen LogP contribution is 2.31. The average molecular weight is 444 g/mol. The van der Waals surface area contributed by atoms with Crippen LogP contribution in [0.25, 0.3) is 16.8 Å². The third kappa shape index (κ3) is 3.87. The van der Waals surface area contributed by atoms with Crippen LogP contribution in [0.15, 0.2) is 42.6 Å². The molecule has 0 saturated carbocycles. The van der Waals surface area contributed by atoms with Crippen molar-refractivity contribution in [3.63, 3.8) is 0 Å². The van der Waals surface area contributed by atoms with Crippen LogP contribution < -0.4 is 11.1 Å². The van der Waals surface area contributed by atoms with Crippen molar-refractivity contribution in [3.8, 4) is 11.3 Å². The van der Waals surface area contributed by atoms with Gasteiger partial charge in [0.2, 0.25) is 0 Å². The van der Waals surface area contributed by atoms with Crippen molar-refractivity contribution in [1.29, 1.82) is 0 Å². The maximum atomic E-state index is 15.1. The molecule has 0 aliphatic heterocycles. The lowest BCUT2D eigenvalue weighted by molar-refractivity contribution is -0.124. The molecule has 0 unspecified atom stereocenters. The van der Waals surface area contributed by atoms with Crippen LogP contribution in [-0.4, -0.2) is 25.4 Å². The molecule has 164 valence electrons. The Morgan fingerprint density at radius 2 is 1.91 bits per heavy atom. The average Bonchev–Trinajstić information content (AvgIpc) is 3.12. The fourth-order valence-corrected chi connectivity index (χ4v) is 3.33. The van der Waals surface area contributed by atoms with E-state index < -0.39 is 36.3 Å². The Kier molecular flexibility index (Phi) is 4.41. The van der Waals surface area contributed by atoms with Crippen LogP contribution in [0.4, 0.5) is 24.7 Å². The van der Waals surface area contributed by atoms with Crippen LogP contribution >= 0.6 is 0 Å². The number of carbonyl (C=O) groups excluding carboxylic acids is 1. The molecule has 7 nitrogen and oxygen atoms in total. The molecule has 32 heavy (non-hydrogen) atoms. The number of aromatic nitrogens is 3. The minimum atomic E-state index is -2.63. The second-order valence-electron chi connectivity index (χ2n) is 7.06. The summed E-state index contributed by atoms with van der Waals surface area (Å²) in [4.78, 5) is 20.5. The van der Waals surface area contributed by atoms with Gasteiger partial charge in [0.25, 0.3) is 5.91 Å². The van der Waals surface area contributed by atoms with Gasteiger partial charge in [0.15, 0.2) is 6.10 Å². The SMILES string of the molecule is [2H]C([2H])([2H])c1nc(-c2ccc(NC(=O)[C@H](O)c3cc(F)cc(F)c3)cc2F)c2c(N)nc(C)cn12. The number of nitrogens with two attached hydrogens (primary N) is 1. The molecule has 0 aliphatic rings. The molecule has 4 N–H and O–H groups in total. The number of rotatable bonds is 4. The topological polar surface area (TPSA) is 106 Å². The van der Waals surface area contributed by atoms with Crippen molar-refractivity contribution < 1.29 is 27.2 Å². The van der Waals surface area contributed by atoms with Crippen molar-refractivity contribution in [3.05, 3.63) is 77.1 Å². The minimum absolute atomic E-state index is 0.0507. The Bertz CT molecular complexity index is 1450. The molecule has 1 amide bonds. The summed E-state index contributed by atoms with van der Waals surface area (Å²) in [7, 11) is 0.